The summed E-state index contributed by atoms with van der Waals surface area (Å²) in [6, 6.07) is 11.0. The van der Waals surface area contributed by atoms with E-state index in [0.29, 0.717) is 29.6 Å². The molecule has 2 N–H and O–H groups in total. The highest BCUT2D eigenvalue weighted by molar-refractivity contribution is 7.14. The Balaban J connectivity index is 1.46. The molecule has 5 rings (SSSR count). The van der Waals surface area contributed by atoms with Gasteiger partial charge in [0.2, 0.25) is 11.8 Å². The number of aromatic nitrogens is 2. The Morgan fingerprint density at radius 3 is 2.51 bits per heavy atom. The molecule has 0 radical (unpaired) electrons. The minimum Gasteiger partial charge on any atom is -0.481 e. The largest absolute Gasteiger partial charge is 0.481 e. The molecule has 2 aromatic heterocycles. The van der Waals surface area contributed by atoms with Gasteiger partial charge in [-0.2, -0.15) is 0 Å². The first kappa shape index (κ1) is 30.6. The van der Waals surface area contributed by atoms with E-state index in [0.717, 1.165) is 48.8 Å². The third-order valence-electron chi connectivity index (χ3n) is 8.65. The molecule has 2 aliphatic rings. The van der Waals surface area contributed by atoms with Crippen molar-refractivity contribution >= 4 is 40.1 Å². The summed E-state index contributed by atoms with van der Waals surface area (Å²) in [6.07, 6.45) is 8.56. The Bertz CT molecular complexity index is 1470. The van der Waals surface area contributed by atoms with Gasteiger partial charge in [-0.1, -0.05) is 43.2 Å². The maximum atomic E-state index is 14.2. The molecule has 226 valence electrons. The molecule has 43 heavy (non-hydrogen) atoms. The van der Waals surface area contributed by atoms with Crippen molar-refractivity contribution in [3.8, 4) is 22.4 Å². The molecule has 3 unspecified atom stereocenters. The van der Waals surface area contributed by atoms with Crippen molar-refractivity contribution in [3.05, 3.63) is 60.6 Å². The molecule has 10 heteroatoms. The number of rotatable bonds is 12. The first-order valence-corrected chi connectivity index (χ1v) is 15.8. The van der Waals surface area contributed by atoms with Crippen molar-refractivity contribution in [3.63, 3.8) is 0 Å². The lowest BCUT2D eigenvalue weighted by Crippen LogP contribution is -2.47. The smallest absolute Gasteiger partial charge is 0.304 e. The molecule has 3 atom stereocenters. The minimum atomic E-state index is -1.04. The number of benzene rings is 1. The zero-order valence-corrected chi connectivity index (χ0v) is 25.2. The summed E-state index contributed by atoms with van der Waals surface area (Å²) in [6.45, 7) is 6.09. The van der Waals surface area contributed by atoms with Crippen LogP contribution in [-0.2, 0) is 14.4 Å². The summed E-state index contributed by atoms with van der Waals surface area (Å²) in [5.41, 5.74) is 3.26. The van der Waals surface area contributed by atoms with Crippen LogP contribution < -0.4 is 9.80 Å². The fourth-order valence-corrected chi connectivity index (χ4v) is 7.35. The number of carboxylic acids is 1. The van der Waals surface area contributed by atoms with Crippen LogP contribution in [0, 0.1) is 17.8 Å². The fraction of sp³-hybridized carbons (Fsp3) is 0.424. The van der Waals surface area contributed by atoms with Crippen LogP contribution in [-0.4, -0.2) is 57.2 Å². The topological polar surface area (TPSA) is 124 Å². The van der Waals surface area contributed by atoms with E-state index in [2.05, 4.69) is 11.6 Å². The van der Waals surface area contributed by atoms with Gasteiger partial charge in [-0.3, -0.25) is 24.2 Å². The first-order valence-electron chi connectivity index (χ1n) is 14.9. The van der Waals surface area contributed by atoms with Gasteiger partial charge in [0, 0.05) is 35.7 Å². The Hall–Kier alpha value is -3.89. The number of aliphatic carboxylic acids is 1. The SMILES string of the molecule is C=CC(C1CCCC1)C(CC(=O)O)C(=O)N(c1nc(-c2ccccc2-c2ccc(N3CCCC3=O)nc2)cs1)C(C)CO. The maximum Gasteiger partial charge on any atom is 0.304 e. The van der Waals surface area contributed by atoms with Crippen molar-refractivity contribution in [1.82, 2.24) is 9.97 Å². The lowest BCUT2D eigenvalue weighted by atomic mass is 9.78. The number of aliphatic hydroxyl groups is 1. The van der Waals surface area contributed by atoms with Gasteiger partial charge >= 0.3 is 5.97 Å². The Morgan fingerprint density at radius 2 is 1.91 bits per heavy atom. The third-order valence-corrected chi connectivity index (χ3v) is 9.49. The number of pyridine rings is 1. The molecule has 1 saturated carbocycles. The van der Waals surface area contributed by atoms with Crippen molar-refractivity contribution in [1.29, 1.82) is 0 Å². The van der Waals surface area contributed by atoms with Crippen molar-refractivity contribution in [2.75, 3.05) is 23.0 Å². The Labute approximate surface area is 255 Å². The van der Waals surface area contributed by atoms with E-state index in [1.54, 1.807) is 24.1 Å². The molecule has 2 amide bonds. The third kappa shape index (κ3) is 6.55. The van der Waals surface area contributed by atoms with Crippen molar-refractivity contribution in [2.24, 2.45) is 17.8 Å². The maximum absolute atomic E-state index is 14.2. The van der Waals surface area contributed by atoms with Crippen molar-refractivity contribution < 1.29 is 24.6 Å². The summed E-state index contributed by atoms with van der Waals surface area (Å²) in [5, 5.41) is 22.2. The monoisotopic (exact) mass is 602 g/mol. The molecule has 0 spiro atoms. The van der Waals surface area contributed by atoms with Crippen LogP contribution in [0.4, 0.5) is 10.9 Å². The second-order valence-corrected chi connectivity index (χ2v) is 12.3. The number of carbonyl (C=O) groups is 3. The van der Waals surface area contributed by atoms with E-state index in [4.69, 9.17) is 4.98 Å². The van der Waals surface area contributed by atoms with Crippen LogP contribution in [0.15, 0.2) is 60.6 Å². The van der Waals surface area contributed by atoms with Gasteiger partial charge < -0.3 is 10.2 Å². The highest BCUT2D eigenvalue weighted by Gasteiger charge is 2.39. The normalized spacial score (nSPS) is 17.5. The van der Waals surface area contributed by atoms with Gasteiger partial charge in [0.25, 0.3) is 0 Å². The fourth-order valence-electron chi connectivity index (χ4n) is 6.42. The highest BCUT2D eigenvalue weighted by Crippen LogP contribution is 2.40. The van der Waals surface area contributed by atoms with Gasteiger partial charge in [0.1, 0.15) is 5.82 Å². The molecule has 1 aromatic carbocycles. The minimum absolute atomic E-state index is 0.0834. The van der Waals surface area contributed by atoms with E-state index in [1.165, 1.54) is 16.2 Å². The Kier molecular flexibility index (Phi) is 9.67. The second-order valence-electron chi connectivity index (χ2n) is 11.4. The number of amides is 2. The van der Waals surface area contributed by atoms with Gasteiger partial charge in [-0.25, -0.2) is 9.97 Å². The van der Waals surface area contributed by atoms with E-state index in [-0.39, 0.29) is 36.7 Å². The summed E-state index contributed by atoms with van der Waals surface area (Å²) in [5.74, 6) is -1.55. The number of allylic oxidation sites excluding steroid dienone is 1. The van der Waals surface area contributed by atoms with Crippen LogP contribution in [0.1, 0.15) is 51.9 Å². The van der Waals surface area contributed by atoms with E-state index in [9.17, 15) is 24.6 Å². The Morgan fingerprint density at radius 1 is 1.16 bits per heavy atom. The van der Waals surface area contributed by atoms with Gasteiger partial charge in [-0.15, -0.1) is 17.9 Å². The van der Waals surface area contributed by atoms with Gasteiger partial charge in [-0.05, 0) is 55.7 Å². The highest BCUT2D eigenvalue weighted by atomic mass is 32.1. The lowest BCUT2D eigenvalue weighted by Gasteiger charge is -2.34. The van der Waals surface area contributed by atoms with Gasteiger partial charge in [0.15, 0.2) is 5.13 Å². The molecule has 1 aliphatic heterocycles. The van der Waals surface area contributed by atoms with Crippen LogP contribution in [0.2, 0.25) is 0 Å². The number of anilines is 2. The zero-order valence-electron chi connectivity index (χ0n) is 24.4. The van der Waals surface area contributed by atoms with E-state index >= 15 is 0 Å². The van der Waals surface area contributed by atoms with Crippen molar-refractivity contribution in [2.45, 2.75) is 57.9 Å². The number of nitrogens with zero attached hydrogens (tertiary/aromatic N) is 4. The lowest BCUT2D eigenvalue weighted by molar-refractivity contribution is -0.141. The summed E-state index contributed by atoms with van der Waals surface area (Å²) >= 11 is 1.29. The van der Waals surface area contributed by atoms with Crippen LogP contribution in [0.3, 0.4) is 0 Å². The van der Waals surface area contributed by atoms with Crippen LogP contribution in [0.25, 0.3) is 22.4 Å². The number of hydrogen-bond acceptors (Lipinski definition) is 7. The van der Waals surface area contributed by atoms with Gasteiger partial charge in [0.05, 0.1) is 30.7 Å². The average Bonchev–Trinajstić information content (AvgIpc) is 3.80. The molecular formula is C33H38N4O5S. The first-order chi connectivity index (χ1) is 20.8. The molecule has 1 saturated heterocycles. The summed E-state index contributed by atoms with van der Waals surface area (Å²) in [4.78, 5) is 50.9. The quantitative estimate of drug-likeness (QED) is 0.251. The summed E-state index contributed by atoms with van der Waals surface area (Å²) in [7, 11) is 0. The standard InChI is InChI=1S/C33H38N4O5S/c1-3-24(22-9-4-5-10-22)27(17-31(40)41)32(42)37(21(2)19-38)33-35-28(20-43-33)26-12-7-6-11-25(26)23-14-15-29(34-18-23)36-16-8-13-30(36)39/h3,6-7,11-12,14-15,18,20-22,24,27,38H,1,4-5,8-10,13,16-17,19H2,2H3,(H,40,41). The predicted molar refractivity (Wildman–Crippen MR) is 168 cm³/mol. The van der Waals surface area contributed by atoms with Crippen LogP contribution in [0.5, 0.6) is 0 Å². The number of thiazole rings is 1. The molecule has 3 heterocycles. The predicted octanol–water partition coefficient (Wildman–Crippen LogP) is 5.80. The summed E-state index contributed by atoms with van der Waals surface area (Å²) < 4.78 is 0. The average molecular weight is 603 g/mol. The second kappa shape index (κ2) is 13.6. The number of aliphatic hydroxyl groups excluding tert-OH is 1. The molecular weight excluding hydrogens is 564 g/mol. The van der Waals surface area contributed by atoms with E-state index in [1.807, 2.05) is 41.8 Å². The number of carboxylic acid groups (broad SMARTS) is 1. The molecule has 3 aromatic rings. The zero-order chi connectivity index (χ0) is 30.5. The van der Waals surface area contributed by atoms with E-state index < -0.39 is 17.9 Å². The molecule has 0 bridgehead atoms. The number of carbonyl (C=O) groups excluding carboxylic acids is 2. The molecule has 1 aliphatic carbocycles. The van der Waals surface area contributed by atoms with Crippen LogP contribution >= 0.6 is 11.3 Å². The molecule has 9 nitrogen and oxygen atoms in total. The molecule has 2 fully saturated rings. The number of hydrogen-bond donors (Lipinski definition) is 2.